The molecule has 1 unspecified atom stereocenters. The number of carbonyl (C=O) groups excluding carboxylic acids is 1. The summed E-state index contributed by atoms with van der Waals surface area (Å²) in [5.41, 5.74) is 4.33. The van der Waals surface area contributed by atoms with Crippen LogP contribution in [0.4, 0.5) is 10.5 Å². The average molecular weight is 445 g/mol. The molecule has 1 aliphatic carbocycles. The number of urea groups is 1. The maximum Gasteiger partial charge on any atom is 0.319 e. The molecule has 0 spiro atoms. The molecule has 2 aliphatic rings. The summed E-state index contributed by atoms with van der Waals surface area (Å²) in [6.45, 7) is 0.743. The molecule has 3 heterocycles. The number of nitrogens with zero attached hydrogens (tertiary/aromatic N) is 3. The molecule has 2 fully saturated rings. The van der Waals surface area contributed by atoms with Crippen molar-refractivity contribution >= 4 is 33.7 Å². The topological polar surface area (TPSA) is 96.9 Å². The van der Waals surface area contributed by atoms with E-state index in [0.717, 1.165) is 72.0 Å². The van der Waals surface area contributed by atoms with Gasteiger partial charge in [0.25, 0.3) is 0 Å². The lowest BCUT2D eigenvalue weighted by molar-refractivity contribution is -0.0365. The van der Waals surface area contributed by atoms with E-state index in [1.165, 1.54) is 12.8 Å². The predicted molar refractivity (Wildman–Crippen MR) is 128 cm³/mol. The van der Waals surface area contributed by atoms with Crippen LogP contribution < -0.4 is 10.6 Å². The van der Waals surface area contributed by atoms with E-state index in [1.54, 1.807) is 0 Å². The minimum absolute atomic E-state index is 0.0937. The molecule has 1 saturated heterocycles. The number of rotatable bonds is 4. The van der Waals surface area contributed by atoms with Crippen molar-refractivity contribution in [2.45, 2.75) is 57.2 Å². The van der Waals surface area contributed by atoms with E-state index in [1.807, 2.05) is 47.1 Å². The summed E-state index contributed by atoms with van der Waals surface area (Å²) >= 11 is 0. The van der Waals surface area contributed by atoms with E-state index >= 15 is 0 Å². The van der Waals surface area contributed by atoms with Crippen LogP contribution in [0.5, 0.6) is 0 Å². The number of aromatic nitrogens is 4. The first kappa shape index (κ1) is 20.2. The van der Waals surface area contributed by atoms with Crippen molar-refractivity contribution in [2.24, 2.45) is 0 Å². The summed E-state index contributed by atoms with van der Waals surface area (Å²) in [7, 11) is 0. The number of benzene rings is 2. The number of hydrogen-bond donors (Lipinski definition) is 3. The molecule has 2 aromatic heterocycles. The Kier molecular flexibility index (Phi) is 5.22. The van der Waals surface area contributed by atoms with Crippen molar-refractivity contribution in [3.8, 4) is 11.5 Å². The number of carbonyl (C=O) groups is 1. The molecule has 4 aromatic rings. The van der Waals surface area contributed by atoms with Crippen LogP contribution in [-0.4, -0.2) is 38.4 Å². The first-order chi connectivity index (χ1) is 16.2. The number of H-pyrrole nitrogens is 1. The second-order valence-electron chi connectivity index (χ2n) is 9.03. The van der Waals surface area contributed by atoms with Gasteiger partial charge in [0.2, 0.25) is 0 Å². The summed E-state index contributed by atoms with van der Waals surface area (Å²) in [5.74, 6) is 0.711. The molecule has 2 aromatic carbocycles. The monoisotopic (exact) mass is 444 g/mol. The number of fused-ring (bicyclic) bond motifs is 2. The van der Waals surface area contributed by atoms with Crippen LogP contribution in [0, 0.1) is 0 Å². The normalized spacial score (nSPS) is 19.3. The van der Waals surface area contributed by atoms with Gasteiger partial charge in [-0.05, 0) is 62.4 Å². The zero-order valence-electron chi connectivity index (χ0n) is 18.5. The van der Waals surface area contributed by atoms with Crippen molar-refractivity contribution in [3.05, 3.63) is 42.5 Å². The molecule has 1 atom stereocenters. The molecule has 170 valence electrons. The largest absolute Gasteiger partial charge is 0.356 e. The van der Waals surface area contributed by atoms with Gasteiger partial charge in [0.15, 0.2) is 12.1 Å². The fourth-order valence-electron chi connectivity index (χ4n) is 5.02. The fourth-order valence-corrected chi connectivity index (χ4v) is 5.02. The van der Waals surface area contributed by atoms with Gasteiger partial charge in [-0.25, -0.2) is 14.5 Å². The first-order valence-corrected chi connectivity index (χ1v) is 11.9. The third-order valence-electron chi connectivity index (χ3n) is 6.70. The molecule has 8 nitrogen and oxygen atoms in total. The van der Waals surface area contributed by atoms with Gasteiger partial charge in [-0.3, -0.25) is 0 Å². The minimum atomic E-state index is -0.158. The van der Waals surface area contributed by atoms with Crippen LogP contribution in [-0.2, 0) is 4.74 Å². The minimum Gasteiger partial charge on any atom is -0.356 e. The second-order valence-corrected chi connectivity index (χ2v) is 9.03. The Morgan fingerprint density at radius 2 is 1.91 bits per heavy atom. The quantitative estimate of drug-likeness (QED) is 0.396. The smallest absolute Gasteiger partial charge is 0.319 e. The Morgan fingerprint density at radius 3 is 2.73 bits per heavy atom. The van der Waals surface area contributed by atoms with E-state index in [4.69, 9.17) is 14.8 Å². The maximum absolute atomic E-state index is 12.5. The Bertz CT molecular complexity index is 1260. The van der Waals surface area contributed by atoms with E-state index in [-0.39, 0.29) is 18.3 Å². The number of para-hydroxylation sites is 2. The highest BCUT2D eigenvalue weighted by molar-refractivity contribution is 5.98. The Morgan fingerprint density at radius 1 is 1.06 bits per heavy atom. The van der Waals surface area contributed by atoms with Crippen LogP contribution in [0.2, 0.25) is 0 Å². The van der Waals surface area contributed by atoms with Crippen molar-refractivity contribution < 1.29 is 9.53 Å². The Balaban J connectivity index is 1.39. The summed E-state index contributed by atoms with van der Waals surface area (Å²) in [4.78, 5) is 20.7. The van der Waals surface area contributed by atoms with Gasteiger partial charge in [-0.15, -0.1) is 0 Å². The molecule has 0 bridgehead atoms. The van der Waals surface area contributed by atoms with Gasteiger partial charge >= 0.3 is 6.03 Å². The molecule has 1 aliphatic heterocycles. The third-order valence-corrected chi connectivity index (χ3v) is 6.70. The zero-order valence-corrected chi connectivity index (χ0v) is 18.5. The van der Waals surface area contributed by atoms with Crippen LogP contribution in [0.1, 0.15) is 51.2 Å². The number of hydrogen-bond acceptors (Lipinski definition) is 4. The molecule has 8 heteroatoms. The summed E-state index contributed by atoms with van der Waals surface area (Å²) in [6.07, 6.45) is 7.50. The standard InChI is InChI=1S/C25H28N6O2/c32-25(26-16-7-1-2-8-16)27-17-12-13-21-18(15-17)23(30-31(21)22-11-5-6-14-33-22)24-28-19-9-3-4-10-20(19)29-24/h3-4,9-10,12-13,15-16,22H,1-2,5-8,11,14H2,(H,28,29)(H2,26,27,32). The number of imidazole rings is 1. The Labute approximate surface area is 191 Å². The molecule has 2 amide bonds. The van der Waals surface area contributed by atoms with Crippen LogP contribution in [0.25, 0.3) is 33.5 Å². The highest BCUT2D eigenvalue weighted by atomic mass is 16.5. The van der Waals surface area contributed by atoms with E-state index in [2.05, 4.69) is 15.6 Å². The Hall–Kier alpha value is -3.39. The average Bonchev–Trinajstić information content (AvgIpc) is 3.57. The van der Waals surface area contributed by atoms with Gasteiger partial charge in [0.1, 0.15) is 5.69 Å². The highest BCUT2D eigenvalue weighted by Gasteiger charge is 2.24. The van der Waals surface area contributed by atoms with Crippen LogP contribution in [0.3, 0.4) is 0 Å². The van der Waals surface area contributed by atoms with Crippen molar-refractivity contribution in [3.63, 3.8) is 0 Å². The molecule has 6 rings (SSSR count). The van der Waals surface area contributed by atoms with Crippen molar-refractivity contribution in [1.29, 1.82) is 0 Å². The lowest BCUT2D eigenvalue weighted by atomic mass is 10.1. The first-order valence-electron chi connectivity index (χ1n) is 11.9. The molecule has 1 saturated carbocycles. The van der Waals surface area contributed by atoms with E-state index in [9.17, 15) is 4.79 Å². The van der Waals surface area contributed by atoms with Crippen molar-refractivity contribution in [1.82, 2.24) is 25.1 Å². The van der Waals surface area contributed by atoms with Gasteiger partial charge in [-0.2, -0.15) is 5.10 Å². The molecule has 33 heavy (non-hydrogen) atoms. The zero-order chi connectivity index (χ0) is 22.2. The van der Waals surface area contributed by atoms with Crippen molar-refractivity contribution in [2.75, 3.05) is 11.9 Å². The highest BCUT2D eigenvalue weighted by Crippen LogP contribution is 2.34. The van der Waals surface area contributed by atoms with E-state index in [0.29, 0.717) is 5.82 Å². The summed E-state index contributed by atoms with van der Waals surface area (Å²) in [6, 6.07) is 14.0. The lowest BCUT2D eigenvalue weighted by Gasteiger charge is -2.23. The summed E-state index contributed by atoms with van der Waals surface area (Å²) < 4.78 is 8.01. The third kappa shape index (κ3) is 3.95. The summed E-state index contributed by atoms with van der Waals surface area (Å²) in [5, 5.41) is 12.0. The van der Waals surface area contributed by atoms with E-state index < -0.39 is 0 Å². The molecular formula is C25H28N6O2. The number of ether oxygens (including phenoxy) is 1. The number of amides is 2. The SMILES string of the molecule is O=C(Nc1ccc2c(c1)c(-c1nc3ccccc3[nH]1)nn2C1CCCCO1)NC1CCCC1. The van der Waals surface area contributed by atoms with Crippen LogP contribution in [0.15, 0.2) is 42.5 Å². The van der Waals surface area contributed by atoms with Gasteiger partial charge < -0.3 is 20.4 Å². The maximum atomic E-state index is 12.5. The molecular weight excluding hydrogens is 416 g/mol. The predicted octanol–water partition coefficient (Wildman–Crippen LogP) is 5.34. The van der Waals surface area contributed by atoms with Crippen LogP contribution >= 0.6 is 0 Å². The second kappa shape index (κ2) is 8.51. The molecule has 3 N–H and O–H groups in total. The molecule has 0 radical (unpaired) electrons. The fraction of sp³-hybridized carbons (Fsp3) is 0.400. The van der Waals surface area contributed by atoms with Gasteiger partial charge in [0.05, 0.1) is 16.6 Å². The number of anilines is 1. The number of aromatic amines is 1. The van der Waals surface area contributed by atoms with Gasteiger partial charge in [0, 0.05) is 23.7 Å². The lowest BCUT2D eigenvalue weighted by Crippen LogP contribution is -2.36. The number of nitrogens with one attached hydrogen (secondary N) is 3. The van der Waals surface area contributed by atoms with Gasteiger partial charge in [-0.1, -0.05) is 25.0 Å².